The third-order valence-electron chi connectivity index (χ3n) is 0.566. The number of nitrogens with zero attached hydrogens (tertiary/aromatic N) is 1. The van der Waals surface area contributed by atoms with E-state index in [4.69, 9.17) is 0 Å². The summed E-state index contributed by atoms with van der Waals surface area (Å²) in [6, 6.07) is 5.72. The van der Waals surface area contributed by atoms with E-state index in [2.05, 4.69) is 4.98 Å². The molecule has 54 valence electrons. The number of Topliss-reactive ketones (excluding diaryl/α,β-unsaturated/α-hetero) is 1. The molecule has 1 rings (SSSR count). The highest BCUT2D eigenvalue weighted by Crippen LogP contribution is 1.73. The van der Waals surface area contributed by atoms with Gasteiger partial charge >= 0.3 is 0 Å². The summed E-state index contributed by atoms with van der Waals surface area (Å²) in [5, 5.41) is 0. The van der Waals surface area contributed by atoms with Gasteiger partial charge in [0, 0.05) is 12.4 Å². The first-order chi connectivity index (χ1) is 4.73. The van der Waals surface area contributed by atoms with E-state index in [1.807, 2.05) is 18.2 Å². The summed E-state index contributed by atoms with van der Waals surface area (Å²) in [5.74, 6) is 0.167. The van der Waals surface area contributed by atoms with Crippen molar-refractivity contribution in [1.82, 2.24) is 4.98 Å². The summed E-state index contributed by atoms with van der Waals surface area (Å²) in [7, 11) is 0. The van der Waals surface area contributed by atoms with Crippen molar-refractivity contribution in [2.24, 2.45) is 0 Å². The lowest BCUT2D eigenvalue weighted by molar-refractivity contribution is -0.114. The van der Waals surface area contributed by atoms with Gasteiger partial charge in [-0.25, -0.2) is 0 Å². The second-order valence-corrected chi connectivity index (χ2v) is 1.93. The minimum Gasteiger partial charge on any atom is -0.300 e. The van der Waals surface area contributed by atoms with Crippen molar-refractivity contribution in [2.45, 2.75) is 13.8 Å². The van der Waals surface area contributed by atoms with E-state index in [9.17, 15) is 4.79 Å². The summed E-state index contributed by atoms with van der Waals surface area (Å²) in [6.45, 7) is 3.06. The summed E-state index contributed by atoms with van der Waals surface area (Å²) in [5.41, 5.74) is 0. The van der Waals surface area contributed by atoms with Crippen molar-refractivity contribution in [3.05, 3.63) is 30.6 Å². The smallest absolute Gasteiger partial charge is 0.126 e. The molecule has 0 saturated heterocycles. The number of rotatable bonds is 0. The zero-order valence-corrected chi connectivity index (χ0v) is 6.24. The van der Waals surface area contributed by atoms with Gasteiger partial charge in [-0.1, -0.05) is 6.07 Å². The molecule has 2 heteroatoms. The van der Waals surface area contributed by atoms with Crippen molar-refractivity contribution in [3.63, 3.8) is 0 Å². The number of hydrogen-bond acceptors (Lipinski definition) is 2. The summed E-state index contributed by atoms with van der Waals surface area (Å²) < 4.78 is 0. The predicted molar refractivity (Wildman–Crippen MR) is 40.6 cm³/mol. The van der Waals surface area contributed by atoms with Crippen molar-refractivity contribution in [2.75, 3.05) is 0 Å². The quantitative estimate of drug-likeness (QED) is 0.544. The van der Waals surface area contributed by atoms with Crippen LogP contribution >= 0.6 is 0 Å². The maximum absolute atomic E-state index is 9.44. The van der Waals surface area contributed by atoms with Gasteiger partial charge in [0.2, 0.25) is 0 Å². The maximum atomic E-state index is 9.44. The molecule has 2 nitrogen and oxygen atoms in total. The molecule has 0 bridgehead atoms. The van der Waals surface area contributed by atoms with E-state index < -0.39 is 0 Å². The normalized spacial score (nSPS) is 7.40. The van der Waals surface area contributed by atoms with Crippen LogP contribution in [-0.4, -0.2) is 10.8 Å². The highest BCUT2D eigenvalue weighted by molar-refractivity contribution is 5.72. The fourth-order valence-corrected chi connectivity index (χ4v) is 0.313. The SMILES string of the molecule is CC(C)=O.c1ccncc1. The molecule has 0 atom stereocenters. The largest absolute Gasteiger partial charge is 0.300 e. The molecule has 0 radical (unpaired) electrons. The Balaban J connectivity index is 0.000000180. The third kappa shape index (κ3) is 9.94. The first-order valence-electron chi connectivity index (χ1n) is 3.05. The molecule has 0 N–H and O–H groups in total. The monoisotopic (exact) mass is 137 g/mol. The van der Waals surface area contributed by atoms with Crippen LogP contribution in [0.4, 0.5) is 0 Å². The number of hydrogen-bond donors (Lipinski definition) is 0. The summed E-state index contributed by atoms with van der Waals surface area (Å²) in [4.78, 5) is 13.2. The van der Waals surface area contributed by atoms with E-state index in [1.54, 1.807) is 12.4 Å². The molecule has 0 aliphatic carbocycles. The van der Waals surface area contributed by atoms with E-state index in [1.165, 1.54) is 13.8 Å². The summed E-state index contributed by atoms with van der Waals surface area (Å²) in [6.07, 6.45) is 3.50. The predicted octanol–water partition coefficient (Wildman–Crippen LogP) is 1.68. The number of ketones is 1. The Morgan fingerprint density at radius 1 is 1.10 bits per heavy atom. The zero-order valence-electron chi connectivity index (χ0n) is 6.24. The lowest BCUT2D eigenvalue weighted by atomic mass is 10.5. The lowest BCUT2D eigenvalue weighted by Gasteiger charge is -1.70. The first kappa shape index (κ1) is 8.82. The topological polar surface area (TPSA) is 30.0 Å². The standard InChI is InChI=1S/C5H5N.C3H6O/c1-2-4-6-5-3-1;1-3(2)4/h1-5H;1-2H3. The van der Waals surface area contributed by atoms with Crippen molar-refractivity contribution < 1.29 is 4.79 Å². The Morgan fingerprint density at radius 3 is 1.60 bits per heavy atom. The van der Waals surface area contributed by atoms with Crippen LogP contribution < -0.4 is 0 Å². The molecule has 0 amide bonds. The Kier molecular flexibility index (Phi) is 5.25. The van der Waals surface area contributed by atoms with Gasteiger partial charge in [-0.15, -0.1) is 0 Å². The molecule has 0 aliphatic heterocycles. The zero-order chi connectivity index (χ0) is 7.82. The Hall–Kier alpha value is -1.18. The molecule has 0 aliphatic rings. The van der Waals surface area contributed by atoms with Crippen LogP contribution in [0.2, 0.25) is 0 Å². The minimum absolute atomic E-state index is 0.167. The minimum atomic E-state index is 0.167. The molecule has 0 fully saturated rings. The van der Waals surface area contributed by atoms with E-state index >= 15 is 0 Å². The molecule has 0 spiro atoms. The van der Waals surface area contributed by atoms with Crippen molar-refractivity contribution in [3.8, 4) is 0 Å². The Morgan fingerprint density at radius 2 is 1.50 bits per heavy atom. The molecule has 0 aromatic carbocycles. The van der Waals surface area contributed by atoms with Crippen LogP contribution in [0.3, 0.4) is 0 Å². The number of carbonyl (C=O) groups excluding carboxylic acids is 1. The van der Waals surface area contributed by atoms with E-state index in [-0.39, 0.29) is 5.78 Å². The molecule has 10 heavy (non-hydrogen) atoms. The van der Waals surface area contributed by atoms with Gasteiger partial charge in [-0.05, 0) is 26.0 Å². The number of carbonyl (C=O) groups is 1. The maximum Gasteiger partial charge on any atom is 0.126 e. The van der Waals surface area contributed by atoms with Gasteiger partial charge in [-0.2, -0.15) is 0 Å². The number of aromatic nitrogens is 1. The van der Waals surface area contributed by atoms with Crippen LogP contribution in [0.15, 0.2) is 30.6 Å². The molecular weight excluding hydrogens is 126 g/mol. The van der Waals surface area contributed by atoms with Gasteiger partial charge in [0.25, 0.3) is 0 Å². The third-order valence-corrected chi connectivity index (χ3v) is 0.566. The fraction of sp³-hybridized carbons (Fsp3) is 0.250. The first-order valence-corrected chi connectivity index (χ1v) is 3.05. The lowest BCUT2D eigenvalue weighted by Crippen LogP contribution is -1.69. The second-order valence-electron chi connectivity index (χ2n) is 1.93. The van der Waals surface area contributed by atoms with Crippen LogP contribution in [-0.2, 0) is 4.79 Å². The van der Waals surface area contributed by atoms with Gasteiger partial charge < -0.3 is 4.79 Å². The van der Waals surface area contributed by atoms with E-state index in [0.717, 1.165) is 0 Å². The molecule has 1 heterocycles. The highest BCUT2D eigenvalue weighted by atomic mass is 16.1. The molecule has 1 aromatic rings. The van der Waals surface area contributed by atoms with Gasteiger partial charge in [-0.3, -0.25) is 4.98 Å². The van der Waals surface area contributed by atoms with Crippen LogP contribution in [0.5, 0.6) is 0 Å². The summed E-state index contributed by atoms with van der Waals surface area (Å²) >= 11 is 0. The Labute approximate surface area is 60.9 Å². The molecule has 1 aromatic heterocycles. The van der Waals surface area contributed by atoms with Gasteiger partial charge in [0.1, 0.15) is 5.78 Å². The highest BCUT2D eigenvalue weighted by Gasteiger charge is 1.62. The number of pyridine rings is 1. The van der Waals surface area contributed by atoms with Crippen molar-refractivity contribution in [1.29, 1.82) is 0 Å². The average molecular weight is 137 g/mol. The van der Waals surface area contributed by atoms with Gasteiger partial charge in [0.15, 0.2) is 0 Å². The van der Waals surface area contributed by atoms with E-state index in [0.29, 0.717) is 0 Å². The van der Waals surface area contributed by atoms with Gasteiger partial charge in [0.05, 0.1) is 0 Å². The van der Waals surface area contributed by atoms with Crippen LogP contribution in [0.25, 0.3) is 0 Å². The average Bonchev–Trinajstić information content (AvgIpc) is 1.90. The Bertz CT molecular complexity index is 141. The second kappa shape index (κ2) is 5.95. The van der Waals surface area contributed by atoms with Crippen molar-refractivity contribution >= 4 is 5.78 Å². The van der Waals surface area contributed by atoms with Crippen LogP contribution in [0, 0.1) is 0 Å². The molecule has 0 unspecified atom stereocenters. The van der Waals surface area contributed by atoms with Crippen LogP contribution in [0.1, 0.15) is 13.8 Å². The fourth-order valence-electron chi connectivity index (χ4n) is 0.313. The molecular formula is C8H11NO. The molecule has 0 saturated carbocycles.